The lowest BCUT2D eigenvalue weighted by Gasteiger charge is -2.18. The second kappa shape index (κ2) is 5.01. The predicted molar refractivity (Wildman–Crippen MR) is 75.1 cm³/mol. The summed E-state index contributed by atoms with van der Waals surface area (Å²) in [7, 11) is 0. The molecular weight excluding hydrogens is 273 g/mol. The van der Waals surface area contributed by atoms with Gasteiger partial charge in [-0.1, -0.05) is 12.1 Å². The Bertz CT molecular complexity index is 755. The van der Waals surface area contributed by atoms with Gasteiger partial charge in [0.2, 0.25) is 0 Å². The number of rotatable bonds is 2. The summed E-state index contributed by atoms with van der Waals surface area (Å²) in [6, 6.07) is 9.10. The summed E-state index contributed by atoms with van der Waals surface area (Å²) in [6.45, 7) is 1.60. The molecule has 0 radical (unpaired) electrons. The van der Waals surface area contributed by atoms with E-state index in [2.05, 4.69) is 5.32 Å². The third-order valence-electron chi connectivity index (χ3n) is 3.31. The van der Waals surface area contributed by atoms with Crippen molar-refractivity contribution in [1.29, 1.82) is 0 Å². The molecule has 1 N–H and O–H groups in total. The summed E-state index contributed by atoms with van der Waals surface area (Å²) in [5.41, 5.74) is 1.56. The molecule has 1 aliphatic heterocycles. The largest absolute Gasteiger partial charge is 0.482 e. The fourth-order valence-corrected chi connectivity index (χ4v) is 2.13. The van der Waals surface area contributed by atoms with Crippen LogP contribution < -0.4 is 10.1 Å². The lowest BCUT2D eigenvalue weighted by atomic mass is 10.0. The molecule has 1 aliphatic rings. The van der Waals surface area contributed by atoms with Crippen LogP contribution in [0.25, 0.3) is 0 Å². The number of hydrogen-bond donors (Lipinski definition) is 1. The molecule has 2 aromatic rings. The van der Waals surface area contributed by atoms with Gasteiger partial charge in [0.1, 0.15) is 11.6 Å². The molecule has 0 bridgehead atoms. The molecule has 0 fully saturated rings. The number of aryl methyl sites for hydroxylation is 1. The van der Waals surface area contributed by atoms with E-state index in [4.69, 9.17) is 4.74 Å². The van der Waals surface area contributed by atoms with Gasteiger partial charge in [-0.3, -0.25) is 9.59 Å². The van der Waals surface area contributed by atoms with Crippen LogP contribution in [0.3, 0.4) is 0 Å². The van der Waals surface area contributed by atoms with E-state index in [9.17, 15) is 14.0 Å². The van der Waals surface area contributed by atoms with Crippen molar-refractivity contribution >= 4 is 17.4 Å². The number of anilines is 1. The summed E-state index contributed by atoms with van der Waals surface area (Å²) < 4.78 is 18.8. The van der Waals surface area contributed by atoms with Gasteiger partial charge < -0.3 is 10.1 Å². The molecule has 0 saturated heterocycles. The molecule has 1 amide bonds. The monoisotopic (exact) mass is 285 g/mol. The molecule has 2 aromatic carbocycles. The molecule has 0 aliphatic carbocycles. The molecule has 0 aromatic heterocycles. The molecule has 0 atom stereocenters. The topological polar surface area (TPSA) is 55.4 Å². The highest BCUT2D eigenvalue weighted by atomic mass is 19.1. The first-order chi connectivity index (χ1) is 10.0. The van der Waals surface area contributed by atoms with E-state index in [1.54, 1.807) is 31.2 Å². The van der Waals surface area contributed by atoms with E-state index in [0.29, 0.717) is 22.6 Å². The normalized spacial score (nSPS) is 13.1. The minimum Gasteiger partial charge on any atom is -0.482 e. The van der Waals surface area contributed by atoms with E-state index in [-0.39, 0.29) is 23.9 Å². The van der Waals surface area contributed by atoms with Crippen LogP contribution in [-0.4, -0.2) is 18.3 Å². The number of fused-ring (bicyclic) bond motifs is 1. The Balaban J connectivity index is 1.96. The van der Waals surface area contributed by atoms with Crippen molar-refractivity contribution in [3.8, 4) is 5.75 Å². The molecule has 0 unspecified atom stereocenters. The maximum Gasteiger partial charge on any atom is 0.262 e. The third-order valence-corrected chi connectivity index (χ3v) is 3.31. The van der Waals surface area contributed by atoms with Crippen molar-refractivity contribution in [2.75, 3.05) is 11.9 Å². The van der Waals surface area contributed by atoms with Crippen molar-refractivity contribution in [2.24, 2.45) is 0 Å². The van der Waals surface area contributed by atoms with Crippen LogP contribution in [0.15, 0.2) is 36.4 Å². The van der Waals surface area contributed by atoms with Crippen molar-refractivity contribution in [3.05, 3.63) is 58.9 Å². The van der Waals surface area contributed by atoms with Crippen molar-refractivity contribution in [2.45, 2.75) is 6.92 Å². The van der Waals surface area contributed by atoms with Gasteiger partial charge in [0.15, 0.2) is 12.4 Å². The number of ketones is 1. The summed E-state index contributed by atoms with van der Waals surface area (Å²) in [4.78, 5) is 23.6. The second-order valence-electron chi connectivity index (χ2n) is 4.84. The molecule has 5 heteroatoms. The average molecular weight is 285 g/mol. The van der Waals surface area contributed by atoms with E-state index < -0.39 is 5.82 Å². The third kappa shape index (κ3) is 2.50. The SMILES string of the molecule is Cc1ccc(C(=O)c2ccc3c(c2)NC(=O)CO3)cc1F. The van der Waals surface area contributed by atoms with Crippen LogP contribution >= 0.6 is 0 Å². The number of nitrogens with one attached hydrogen (secondary N) is 1. The standard InChI is InChI=1S/C16H12FNO3/c1-9-2-3-10(6-12(9)17)16(20)11-4-5-14-13(7-11)18-15(19)8-21-14/h2-7H,8H2,1H3,(H,18,19). The Morgan fingerprint density at radius 2 is 1.90 bits per heavy atom. The molecule has 21 heavy (non-hydrogen) atoms. The zero-order valence-electron chi connectivity index (χ0n) is 11.3. The predicted octanol–water partition coefficient (Wildman–Crippen LogP) is 2.70. The zero-order valence-corrected chi connectivity index (χ0v) is 11.3. The van der Waals surface area contributed by atoms with Crippen LogP contribution in [0, 0.1) is 12.7 Å². The molecule has 106 valence electrons. The minimum atomic E-state index is -0.421. The lowest BCUT2D eigenvalue weighted by molar-refractivity contribution is -0.118. The maximum atomic E-state index is 13.6. The fourth-order valence-electron chi connectivity index (χ4n) is 2.13. The molecular formula is C16H12FNO3. The van der Waals surface area contributed by atoms with Gasteiger partial charge in [-0.05, 0) is 36.8 Å². The maximum absolute atomic E-state index is 13.6. The van der Waals surface area contributed by atoms with Gasteiger partial charge in [0.05, 0.1) is 5.69 Å². The number of amides is 1. The fraction of sp³-hybridized carbons (Fsp3) is 0.125. The average Bonchev–Trinajstić information content (AvgIpc) is 2.48. The van der Waals surface area contributed by atoms with E-state index >= 15 is 0 Å². The Morgan fingerprint density at radius 1 is 1.19 bits per heavy atom. The quantitative estimate of drug-likeness (QED) is 0.863. The van der Waals surface area contributed by atoms with Gasteiger partial charge in [0, 0.05) is 11.1 Å². The smallest absolute Gasteiger partial charge is 0.262 e. The van der Waals surface area contributed by atoms with Crippen LogP contribution in [-0.2, 0) is 4.79 Å². The van der Waals surface area contributed by atoms with Crippen molar-refractivity contribution < 1.29 is 18.7 Å². The van der Waals surface area contributed by atoms with Gasteiger partial charge in [-0.25, -0.2) is 4.39 Å². The molecule has 0 saturated carbocycles. The van der Waals surface area contributed by atoms with E-state index in [1.807, 2.05) is 0 Å². The Kier molecular flexibility index (Phi) is 3.17. The minimum absolute atomic E-state index is 0.0382. The van der Waals surface area contributed by atoms with E-state index in [1.165, 1.54) is 12.1 Å². The molecule has 0 spiro atoms. The molecule has 1 heterocycles. The summed E-state index contributed by atoms with van der Waals surface area (Å²) in [5.74, 6) is -0.485. The molecule has 4 nitrogen and oxygen atoms in total. The highest BCUT2D eigenvalue weighted by Crippen LogP contribution is 2.29. The first-order valence-corrected chi connectivity index (χ1v) is 6.42. The van der Waals surface area contributed by atoms with Gasteiger partial charge >= 0.3 is 0 Å². The Labute approximate surface area is 120 Å². The first-order valence-electron chi connectivity index (χ1n) is 6.42. The second-order valence-corrected chi connectivity index (χ2v) is 4.84. The number of carbonyl (C=O) groups is 2. The van der Waals surface area contributed by atoms with Crippen molar-refractivity contribution in [3.63, 3.8) is 0 Å². The first kappa shape index (κ1) is 13.3. The summed E-state index contributed by atoms with van der Waals surface area (Å²) in [5, 5.41) is 2.64. The van der Waals surface area contributed by atoms with Gasteiger partial charge in [0.25, 0.3) is 5.91 Å². The summed E-state index contributed by atoms with van der Waals surface area (Å²) >= 11 is 0. The summed E-state index contributed by atoms with van der Waals surface area (Å²) in [6.07, 6.45) is 0. The van der Waals surface area contributed by atoms with Crippen LogP contribution in [0.4, 0.5) is 10.1 Å². The highest BCUT2D eigenvalue weighted by molar-refractivity contribution is 6.10. The van der Waals surface area contributed by atoms with Crippen LogP contribution in [0.5, 0.6) is 5.75 Å². The number of carbonyl (C=O) groups excluding carboxylic acids is 2. The van der Waals surface area contributed by atoms with Crippen molar-refractivity contribution in [1.82, 2.24) is 0 Å². The number of benzene rings is 2. The number of ether oxygens (including phenoxy) is 1. The molecule has 3 rings (SSSR count). The van der Waals surface area contributed by atoms with Crippen LogP contribution in [0.1, 0.15) is 21.5 Å². The number of halogens is 1. The van der Waals surface area contributed by atoms with Crippen LogP contribution in [0.2, 0.25) is 0 Å². The lowest BCUT2D eigenvalue weighted by Crippen LogP contribution is -2.25. The van der Waals surface area contributed by atoms with Gasteiger partial charge in [-0.2, -0.15) is 0 Å². The van der Waals surface area contributed by atoms with Gasteiger partial charge in [-0.15, -0.1) is 0 Å². The Hall–Kier alpha value is -2.69. The highest BCUT2D eigenvalue weighted by Gasteiger charge is 2.18. The van der Waals surface area contributed by atoms with E-state index in [0.717, 1.165) is 0 Å². The number of hydrogen-bond acceptors (Lipinski definition) is 3. The Morgan fingerprint density at radius 3 is 2.67 bits per heavy atom. The zero-order chi connectivity index (χ0) is 15.0.